The third-order valence-corrected chi connectivity index (χ3v) is 7.04. The topological polar surface area (TPSA) is 87.4 Å². The summed E-state index contributed by atoms with van der Waals surface area (Å²) in [5, 5.41) is 3.63. The molecule has 1 fully saturated rings. The Labute approximate surface area is 220 Å². The van der Waals surface area contributed by atoms with Crippen molar-refractivity contribution in [3.05, 3.63) is 83.0 Å². The third-order valence-electron chi connectivity index (χ3n) is 7.04. The molecule has 2 heterocycles. The highest BCUT2D eigenvalue weighted by Gasteiger charge is 2.20. The van der Waals surface area contributed by atoms with Gasteiger partial charge in [-0.1, -0.05) is 18.2 Å². The van der Waals surface area contributed by atoms with Crippen LogP contribution in [0.3, 0.4) is 0 Å². The van der Waals surface area contributed by atoms with Crippen molar-refractivity contribution in [1.29, 1.82) is 0 Å². The molecule has 4 aromatic rings. The van der Waals surface area contributed by atoms with E-state index in [0.717, 1.165) is 53.8 Å². The van der Waals surface area contributed by atoms with Crippen LogP contribution in [0.2, 0.25) is 0 Å². The summed E-state index contributed by atoms with van der Waals surface area (Å²) in [6.45, 7) is 5.94. The van der Waals surface area contributed by atoms with Gasteiger partial charge in [-0.05, 0) is 72.6 Å². The Balaban J connectivity index is 1.36. The Bertz CT molecular complexity index is 1480. The number of nitrogens with two attached hydrogens (primary N) is 1. The number of alkyl halides is 2. The Kier molecular flexibility index (Phi) is 7.31. The Hall–Kier alpha value is -3.95. The summed E-state index contributed by atoms with van der Waals surface area (Å²) in [5.74, 6) is -0.155. The first-order valence-electron chi connectivity index (χ1n) is 12.5. The number of aromatic nitrogens is 2. The summed E-state index contributed by atoms with van der Waals surface area (Å²) >= 11 is 0. The number of amides is 1. The van der Waals surface area contributed by atoms with Crippen LogP contribution < -0.4 is 11.1 Å². The second-order valence-electron chi connectivity index (χ2n) is 9.78. The molecule has 38 heavy (non-hydrogen) atoms. The smallest absolute Gasteiger partial charge is 0.264 e. The fourth-order valence-corrected chi connectivity index (χ4v) is 4.76. The first-order chi connectivity index (χ1) is 18.3. The Morgan fingerprint density at radius 1 is 1.05 bits per heavy atom. The lowest BCUT2D eigenvalue weighted by Crippen LogP contribution is -2.44. The van der Waals surface area contributed by atoms with E-state index in [1.807, 2.05) is 31.2 Å². The van der Waals surface area contributed by atoms with E-state index in [4.69, 9.17) is 5.73 Å². The van der Waals surface area contributed by atoms with Crippen molar-refractivity contribution in [2.24, 2.45) is 0 Å². The van der Waals surface area contributed by atoms with Crippen LogP contribution in [-0.4, -0.2) is 58.9 Å². The lowest BCUT2D eigenvalue weighted by Gasteiger charge is -2.32. The number of hydrogen-bond acceptors (Lipinski definition) is 6. The van der Waals surface area contributed by atoms with Crippen LogP contribution in [0.1, 0.15) is 33.5 Å². The highest BCUT2D eigenvalue weighted by Crippen LogP contribution is 2.30. The fourth-order valence-electron chi connectivity index (χ4n) is 4.76. The largest absolute Gasteiger partial charge is 0.368 e. The van der Waals surface area contributed by atoms with Gasteiger partial charge in [-0.15, -0.1) is 0 Å². The molecular formula is C29H30F2N6O. The van der Waals surface area contributed by atoms with Crippen LogP contribution in [0.4, 0.5) is 20.4 Å². The van der Waals surface area contributed by atoms with Crippen molar-refractivity contribution in [2.45, 2.75) is 19.9 Å². The normalized spacial score (nSPS) is 14.8. The van der Waals surface area contributed by atoms with E-state index in [2.05, 4.69) is 32.1 Å². The summed E-state index contributed by atoms with van der Waals surface area (Å²) in [4.78, 5) is 25.8. The number of aryl methyl sites for hydroxylation is 1. The minimum atomic E-state index is -2.63. The number of nitrogen functional groups attached to an aromatic ring is 1. The lowest BCUT2D eigenvalue weighted by atomic mass is 9.97. The summed E-state index contributed by atoms with van der Waals surface area (Å²) in [7, 11) is 2.06. The fraction of sp³-hybridized carbons (Fsp3) is 0.276. The molecule has 1 aliphatic heterocycles. The molecule has 196 valence electrons. The second kappa shape index (κ2) is 10.8. The number of benzene rings is 3. The zero-order chi connectivity index (χ0) is 26.8. The predicted molar refractivity (Wildman–Crippen MR) is 146 cm³/mol. The van der Waals surface area contributed by atoms with E-state index in [0.29, 0.717) is 23.4 Å². The number of nitrogens with one attached hydrogen (secondary N) is 1. The molecule has 5 rings (SSSR count). The predicted octanol–water partition coefficient (Wildman–Crippen LogP) is 5.12. The number of piperazine rings is 1. The molecule has 1 saturated heterocycles. The van der Waals surface area contributed by atoms with Crippen LogP contribution in [0, 0.1) is 6.92 Å². The number of rotatable bonds is 6. The molecule has 0 saturated carbocycles. The number of carbonyl (C=O) groups excluding carboxylic acids is 1. The van der Waals surface area contributed by atoms with Crippen LogP contribution in [0.5, 0.6) is 0 Å². The molecule has 0 unspecified atom stereocenters. The maximum Gasteiger partial charge on any atom is 0.264 e. The highest BCUT2D eigenvalue weighted by molar-refractivity contribution is 6.05. The Morgan fingerprint density at radius 3 is 2.61 bits per heavy atom. The van der Waals surface area contributed by atoms with Crippen LogP contribution in [0.15, 0.2) is 60.8 Å². The van der Waals surface area contributed by atoms with Crippen LogP contribution in [0.25, 0.3) is 22.0 Å². The molecule has 3 aromatic carbocycles. The van der Waals surface area contributed by atoms with Gasteiger partial charge in [-0.25, -0.2) is 18.7 Å². The molecule has 0 spiro atoms. The van der Waals surface area contributed by atoms with E-state index in [1.165, 1.54) is 6.07 Å². The van der Waals surface area contributed by atoms with Crippen molar-refractivity contribution >= 4 is 28.4 Å². The van der Waals surface area contributed by atoms with Gasteiger partial charge in [0.05, 0.1) is 5.52 Å². The number of anilines is 2. The van der Waals surface area contributed by atoms with E-state index in [9.17, 15) is 13.6 Å². The molecule has 1 aromatic heterocycles. The molecule has 1 amide bonds. The number of likely N-dealkylation sites (N-methyl/N-ethyl adjacent to an activating group) is 1. The zero-order valence-corrected chi connectivity index (χ0v) is 21.4. The third kappa shape index (κ3) is 5.64. The van der Waals surface area contributed by atoms with Crippen LogP contribution >= 0.6 is 0 Å². The summed E-state index contributed by atoms with van der Waals surface area (Å²) in [6, 6.07) is 15.9. The summed E-state index contributed by atoms with van der Waals surface area (Å²) in [5.41, 5.74) is 10.5. The monoisotopic (exact) mass is 516 g/mol. The number of carbonyl (C=O) groups is 1. The van der Waals surface area contributed by atoms with Gasteiger partial charge in [0, 0.05) is 61.1 Å². The van der Waals surface area contributed by atoms with Gasteiger partial charge in [0.2, 0.25) is 5.95 Å². The first kappa shape index (κ1) is 25.7. The number of halogens is 2. The van der Waals surface area contributed by atoms with Crippen molar-refractivity contribution < 1.29 is 13.6 Å². The van der Waals surface area contributed by atoms with Crippen molar-refractivity contribution in [3.8, 4) is 11.1 Å². The highest BCUT2D eigenvalue weighted by atomic mass is 19.3. The molecule has 0 atom stereocenters. The number of fused-ring (bicyclic) bond motifs is 1. The molecule has 7 nitrogen and oxygen atoms in total. The van der Waals surface area contributed by atoms with Gasteiger partial charge in [0.15, 0.2) is 0 Å². The summed E-state index contributed by atoms with van der Waals surface area (Å²) < 4.78 is 27.9. The van der Waals surface area contributed by atoms with Gasteiger partial charge in [-0.2, -0.15) is 0 Å². The standard InChI is InChI=1S/C29H30F2N6O/c1-18-3-4-20(14-24(18)19-6-8-26-22(13-19)16-33-29(32)35-26)28(38)34-23-7-5-21(25(15-23)27(30)31)17-37-11-9-36(2)10-12-37/h3-8,13-16,27H,9-12,17H2,1-2H3,(H,34,38)(H2,32,33,35). The minimum absolute atomic E-state index is 0.0506. The quantitative estimate of drug-likeness (QED) is 0.370. The number of nitrogens with zero attached hydrogens (tertiary/aromatic N) is 4. The first-order valence-corrected chi connectivity index (χ1v) is 12.5. The van der Waals surface area contributed by atoms with E-state index < -0.39 is 6.43 Å². The maximum atomic E-state index is 13.9. The molecule has 3 N–H and O–H groups in total. The number of hydrogen-bond donors (Lipinski definition) is 2. The molecule has 9 heteroatoms. The van der Waals surface area contributed by atoms with Crippen molar-refractivity contribution in [1.82, 2.24) is 19.8 Å². The Morgan fingerprint density at radius 2 is 1.84 bits per heavy atom. The van der Waals surface area contributed by atoms with Gasteiger partial charge in [0.25, 0.3) is 12.3 Å². The molecular weight excluding hydrogens is 486 g/mol. The van der Waals surface area contributed by atoms with Crippen LogP contribution in [-0.2, 0) is 6.54 Å². The van der Waals surface area contributed by atoms with E-state index in [1.54, 1.807) is 30.5 Å². The molecule has 1 aliphatic rings. The average molecular weight is 517 g/mol. The minimum Gasteiger partial charge on any atom is -0.368 e. The van der Waals surface area contributed by atoms with Crippen molar-refractivity contribution in [2.75, 3.05) is 44.3 Å². The van der Waals surface area contributed by atoms with Gasteiger partial charge in [-0.3, -0.25) is 9.69 Å². The molecule has 0 radical (unpaired) electrons. The SMILES string of the molecule is Cc1ccc(C(=O)Nc2ccc(CN3CCN(C)CC3)c(C(F)F)c2)cc1-c1ccc2nc(N)ncc2c1. The zero-order valence-electron chi connectivity index (χ0n) is 21.4. The summed E-state index contributed by atoms with van der Waals surface area (Å²) in [6.07, 6.45) is -0.964. The van der Waals surface area contributed by atoms with Gasteiger partial charge < -0.3 is 16.0 Å². The van der Waals surface area contributed by atoms with E-state index >= 15 is 0 Å². The molecule has 0 aliphatic carbocycles. The lowest BCUT2D eigenvalue weighted by molar-refractivity contribution is 0.102. The van der Waals surface area contributed by atoms with Gasteiger partial charge >= 0.3 is 0 Å². The van der Waals surface area contributed by atoms with Crippen molar-refractivity contribution in [3.63, 3.8) is 0 Å². The van der Waals surface area contributed by atoms with E-state index in [-0.39, 0.29) is 17.4 Å². The maximum absolute atomic E-state index is 13.9. The average Bonchev–Trinajstić information content (AvgIpc) is 2.90. The van der Waals surface area contributed by atoms with Gasteiger partial charge in [0.1, 0.15) is 0 Å². The molecule has 0 bridgehead atoms. The second-order valence-corrected chi connectivity index (χ2v) is 9.78.